The van der Waals surface area contributed by atoms with Crippen molar-refractivity contribution in [2.45, 2.75) is 34.1 Å². The molecular formula is C22H27N3O3. The number of aromatic nitrogens is 2. The molecule has 6 heteroatoms. The van der Waals surface area contributed by atoms with E-state index in [0.29, 0.717) is 31.9 Å². The number of benzene rings is 1. The second-order valence-electron chi connectivity index (χ2n) is 6.58. The summed E-state index contributed by atoms with van der Waals surface area (Å²) in [5, 5.41) is 3.01. The van der Waals surface area contributed by atoms with Gasteiger partial charge >= 0.3 is 0 Å². The van der Waals surface area contributed by atoms with Crippen LogP contribution in [-0.2, 0) is 6.42 Å². The maximum absolute atomic E-state index is 12.7. The second kappa shape index (κ2) is 8.78. The van der Waals surface area contributed by atoms with Gasteiger partial charge in [0.05, 0.1) is 18.9 Å². The van der Waals surface area contributed by atoms with E-state index in [-0.39, 0.29) is 5.91 Å². The summed E-state index contributed by atoms with van der Waals surface area (Å²) in [6.45, 7) is 9.44. The van der Waals surface area contributed by atoms with E-state index in [4.69, 9.17) is 9.47 Å². The molecule has 0 bridgehead atoms. The number of amides is 1. The number of hydrogen-bond acceptors (Lipinski definition) is 4. The summed E-state index contributed by atoms with van der Waals surface area (Å²) >= 11 is 0. The second-order valence-corrected chi connectivity index (χ2v) is 6.58. The molecule has 3 aromatic rings. The van der Waals surface area contributed by atoms with Crippen molar-refractivity contribution in [2.75, 3.05) is 19.8 Å². The number of hydrogen-bond donors (Lipinski definition) is 1. The molecule has 0 unspecified atom stereocenters. The number of pyridine rings is 1. The Kier molecular flexibility index (Phi) is 6.19. The summed E-state index contributed by atoms with van der Waals surface area (Å²) in [4.78, 5) is 17.3. The summed E-state index contributed by atoms with van der Waals surface area (Å²) in [7, 11) is 0. The van der Waals surface area contributed by atoms with Crippen molar-refractivity contribution in [3.8, 4) is 11.5 Å². The largest absolute Gasteiger partial charge is 0.490 e. The van der Waals surface area contributed by atoms with Gasteiger partial charge in [0.15, 0.2) is 11.5 Å². The third kappa shape index (κ3) is 4.11. The van der Waals surface area contributed by atoms with E-state index in [0.717, 1.165) is 34.0 Å². The summed E-state index contributed by atoms with van der Waals surface area (Å²) in [6, 6.07) is 9.82. The fourth-order valence-corrected chi connectivity index (χ4v) is 3.25. The number of nitrogens with one attached hydrogen (secondary N) is 1. The smallest absolute Gasteiger partial charge is 0.270 e. The van der Waals surface area contributed by atoms with Crippen molar-refractivity contribution in [3.63, 3.8) is 0 Å². The highest BCUT2D eigenvalue weighted by Crippen LogP contribution is 2.28. The molecule has 0 atom stereocenters. The quantitative estimate of drug-likeness (QED) is 0.646. The molecule has 1 aromatic carbocycles. The third-order valence-electron chi connectivity index (χ3n) is 4.54. The van der Waals surface area contributed by atoms with Crippen molar-refractivity contribution in [1.29, 1.82) is 0 Å². The first-order chi connectivity index (χ1) is 13.5. The number of ether oxygens (including phenoxy) is 2. The Morgan fingerprint density at radius 3 is 2.61 bits per heavy atom. The average molecular weight is 381 g/mol. The number of imidazole rings is 1. The normalized spacial score (nSPS) is 10.9. The van der Waals surface area contributed by atoms with E-state index in [1.807, 2.05) is 68.6 Å². The van der Waals surface area contributed by atoms with Gasteiger partial charge in [-0.3, -0.25) is 9.20 Å². The van der Waals surface area contributed by atoms with E-state index in [1.54, 1.807) is 0 Å². The number of aryl methyl sites for hydroxylation is 2. The van der Waals surface area contributed by atoms with Crippen molar-refractivity contribution < 1.29 is 14.3 Å². The molecule has 148 valence electrons. The van der Waals surface area contributed by atoms with Crippen LogP contribution in [0.25, 0.3) is 5.65 Å². The lowest BCUT2D eigenvalue weighted by atomic mass is 10.1. The maximum Gasteiger partial charge on any atom is 0.270 e. The van der Waals surface area contributed by atoms with Crippen LogP contribution in [0.1, 0.15) is 41.2 Å². The lowest BCUT2D eigenvalue weighted by Crippen LogP contribution is -2.27. The Labute approximate surface area is 165 Å². The lowest BCUT2D eigenvalue weighted by Gasteiger charge is -2.12. The van der Waals surface area contributed by atoms with Crippen LogP contribution >= 0.6 is 0 Å². The van der Waals surface area contributed by atoms with Crippen LogP contribution in [0.2, 0.25) is 0 Å². The molecule has 0 saturated heterocycles. The number of rotatable bonds is 8. The summed E-state index contributed by atoms with van der Waals surface area (Å²) in [6.07, 6.45) is 2.57. The van der Waals surface area contributed by atoms with Gasteiger partial charge < -0.3 is 14.8 Å². The Bertz CT molecular complexity index is 979. The molecule has 0 spiro atoms. The molecule has 3 rings (SSSR count). The first kappa shape index (κ1) is 19.7. The van der Waals surface area contributed by atoms with Crippen LogP contribution in [-0.4, -0.2) is 35.1 Å². The fraction of sp³-hybridized carbons (Fsp3) is 0.364. The highest BCUT2D eigenvalue weighted by atomic mass is 16.5. The standard InChI is InChI=1S/C22H27N3O3/c1-5-27-18-10-9-17(14-19(18)28-6-2)11-12-23-22(26)20-16(4)24-21-15(3)8-7-13-25(20)21/h7-10,13-14H,5-6,11-12H2,1-4H3,(H,23,26). The van der Waals surface area contributed by atoms with Gasteiger partial charge in [-0.05, 0) is 63.4 Å². The first-order valence-corrected chi connectivity index (χ1v) is 9.66. The zero-order chi connectivity index (χ0) is 20.1. The van der Waals surface area contributed by atoms with Gasteiger partial charge in [-0.25, -0.2) is 4.98 Å². The van der Waals surface area contributed by atoms with E-state index >= 15 is 0 Å². The third-order valence-corrected chi connectivity index (χ3v) is 4.54. The van der Waals surface area contributed by atoms with Gasteiger partial charge in [0, 0.05) is 12.7 Å². The Morgan fingerprint density at radius 2 is 1.86 bits per heavy atom. The zero-order valence-corrected chi connectivity index (χ0v) is 16.9. The monoisotopic (exact) mass is 381 g/mol. The zero-order valence-electron chi connectivity index (χ0n) is 16.9. The molecule has 6 nitrogen and oxygen atoms in total. The molecule has 0 fully saturated rings. The van der Waals surface area contributed by atoms with Gasteiger partial charge in [0.1, 0.15) is 11.3 Å². The summed E-state index contributed by atoms with van der Waals surface area (Å²) in [5.41, 5.74) is 4.25. The molecule has 2 aromatic heterocycles. The van der Waals surface area contributed by atoms with Crippen molar-refractivity contribution >= 4 is 11.6 Å². The van der Waals surface area contributed by atoms with Crippen LogP contribution in [0.3, 0.4) is 0 Å². The van der Waals surface area contributed by atoms with Crippen molar-refractivity contribution in [3.05, 3.63) is 59.0 Å². The summed E-state index contributed by atoms with van der Waals surface area (Å²) < 4.78 is 13.1. The van der Waals surface area contributed by atoms with Crippen LogP contribution in [0, 0.1) is 13.8 Å². The topological polar surface area (TPSA) is 64.9 Å². The molecule has 2 heterocycles. The molecular weight excluding hydrogens is 354 g/mol. The highest BCUT2D eigenvalue weighted by Gasteiger charge is 2.17. The van der Waals surface area contributed by atoms with E-state index in [1.165, 1.54) is 0 Å². The predicted octanol–water partition coefficient (Wildman–Crippen LogP) is 3.72. The minimum atomic E-state index is -0.119. The number of fused-ring (bicyclic) bond motifs is 1. The van der Waals surface area contributed by atoms with Gasteiger partial charge in [-0.2, -0.15) is 0 Å². The minimum Gasteiger partial charge on any atom is -0.490 e. The fourth-order valence-electron chi connectivity index (χ4n) is 3.25. The van der Waals surface area contributed by atoms with Crippen molar-refractivity contribution in [2.24, 2.45) is 0 Å². The minimum absolute atomic E-state index is 0.119. The van der Waals surface area contributed by atoms with Crippen LogP contribution < -0.4 is 14.8 Å². The lowest BCUT2D eigenvalue weighted by molar-refractivity contribution is 0.0947. The molecule has 0 aliphatic carbocycles. The van der Waals surface area contributed by atoms with E-state index in [2.05, 4.69) is 10.3 Å². The van der Waals surface area contributed by atoms with Gasteiger partial charge in [-0.1, -0.05) is 12.1 Å². The molecule has 0 radical (unpaired) electrons. The van der Waals surface area contributed by atoms with Gasteiger partial charge in [-0.15, -0.1) is 0 Å². The van der Waals surface area contributed by atoms with Crippen molar-refractivity contribution in [1.82, 2.24) is 14.7 Å². The average Bonchev–Trinajstić information content (AvgIpc) is 3.01. The molecule has 0 saturated carbocycles. The van der Waals surface area contributed by atoms with Gasteiger partial charge in [0.25, 0.3) is 5.91 Å². The maximum atomic E-state index is 12.7. The Hall–Kier alpha value is -3.02. The predicted molar refractivity (Wildman–Crippen MR) is 109 cm³/mol. The molecule has 1 N–H and O–H groups in total. The SMILES string of the molecule is CCOc1ccc(CCNC(=O)c2c(C)nc3c(C)cccn23)cc1OCC. The summed E-state index contributed by atoms with van der Waals surface area (Å²) in [5.74, 6) is 1.36. The van der Waals surface area contributed by atoms with Crippen LogP contribution in [0.5, 0.6) is 11.5 Å². The van der Waals surface area contributed by atoms with E-state index in [9.17, 15) is 4.79 Å². The first-order valence-electron chi connectivity index (χ1n) is 9.66. The number of nitrogens with zero attached hydrogens (tertiary/aromatic N) is 2. The van der Waals surface area contributed by atoms with Crippen LogP contribution in [0.4, 0.5) is 0 Å². The molecule has 0 aliphatic rings. The van der Waals surface area contributed by atoms with Gasteiger partial charge in [0.2, 0.25) is 0 Å². The Morgan fingerprint density at radius 1 is 1.11 bits per heavy atom. The van der Waals surface area contributed by atoms with Crippen LogP contribution in [0.15, 0.2) is 36.5 Å². The highest BCUT2D eigenvalue weighted by molar-refractivity contribution is 5.94. The van der Waals surface area contributed by atoms with E-state index < -0.39 is 0 Å². The number of carbonyl (C=O) groups excluding carboxylic acids is 1. The molecule has 0 aliphatic heterocycles. The Balaban J connectivity index is 1.68. The molecule has 1 amide bonds. The molecule has 28 heavy (non-hydrogen) atoms. The number of carbonyl (C=O) groups is 1.